The Balaban J connectivity index is 1.77. The predicted octanol–water partition coefficient (Wildman–Crippen LogP) is 7.38. The van der Waals surface area contributed by atoms with E-state index in [2.05, 4.69) is 5.32 Å². The van der Waals surface area contributed by atoms with Gasteiger partial charge in [0.1, 0.15) is 11.5 Å². The molecule has 0 aromatic heterocycles. The van der Waals surface area contributed by atoms with Crippen LogP contribution in [0, 0.1) is 0 Å². The maximum atomic E-state index is 14.5. The molecule has 198 valence electrons. The molecule has 0 saturated carbocycles. The largest absolute Gasteiger partial charge is 0.457 e. The zero-order valence-corrected chi connectivity index (χ0v) is 19.6. The summed E-state index contributed by atoms with van der Waals surface area (Å²) < 4.78 is 92.5. The highest BCUT2D eigenvalue weighted by atomic mass is 19.4. The van der Waals surface area contributed by atoms with Crippen LogP contribution in [0.5, 0.6) is 11.5 Å². The van der Waals surface area contributed by atoms with Crippen molar-refractivity contribution in [1.29, 1.82) is 0 Å². The maximum absolute atomic E-state index is 14.5. The molecule has 0 spiro atoms. The number of rotatable bonds is 6. The van der Waals surface area contributed by atoms with Crippen molar-refractivity contribution in [2.75, 3.05) is 22.5 Å². The average molecular weight is 532 g/mol. The van der Waals surface area contributed by atoms with Gasteiger partial charge in [-0.2, -0.15) is 26.3 Å². The van der Waals surface area contributed by atoms with Gasteiger partial charge in [-0.05, 0) is 59.7 Å². The van der Waals surface area contributed by atoms with E-state index in [4.69, 9.17) is 21.9 Å². The highest BCUT2D eigenvalue weighted by molar-refractivity contribution is 5.74. The first kappa shape index (κ1) is 26.5. The zero-order chi connectivity index (χ0) is 27.7. The minimum atomic E-state index is -5.75. The Morgan fingerprint density at radius 2 is 1.13 bits per heavy atom. The van der Waals surface area contributed by atoms with Gasteiger partial charge in [-0.1, -0.05) is 30.3 Å². The number of ether oxygens (including phenoxy) is 1. The van der Waals surface area contributed by atoms with Crippen LogP contribution in [-0.2, 0) is 5.41 Å². The van der Waals surface area contributed by atoms with Crippen LogP contribution in [0.15, 0.2) is 91.0 Å². The van der Waals surface area contributed by atoms with Gasteiger partial charge in [-0.15, -0.1) is 0 Å². The van der Waals surface area contributed by atoms with Crippen LogP contribution < -0.4 is 27.3 Å². The van der Waals surface area contributed by atoms with Crippen molar-refractivity contribution in [3.63, 3.8) is 0 Å². The first-order valence-electron chi connectivity index (χ1n) is 11.1. The van der Waals surface area contributed by atoms with Gasteiger partial charge in [0.25, 0.3) is 0 Å². The summed E-state index contributed by atoms with van der Waals surface area (Å²) in [7, 11) is 0. The molecule has 0 aliphatic heterocycles. The molecule has 0 aliphatic carbocycles. The Labute approximate surface area is 213 Å². The average Bonchev–Trinajstić information content (AvgIpc) is 2.80. The van der Waals surface area contributed by atoms with E-state index >= 15 is 0 Å². The summed E-state index contributed by atoms with van der Waals surface area (Å²) in [5, 5.41) is 2.80. The molecule has 0 bridgehead atoms. The van der Waals surface area contributed by atoms with Gasteiger partial charge in [0, 0.05) is 29.2 Å². The number of halogens is 6. The van der Waals surface area contributed by atoms with Crippen LogP contribution in [0.2, 0.25) is 0 Å². The number of nitrogens with two attached hydrogens (primary N) is 3. The van der Waals surface area contributed by atoms with E-state index in [1.54, 1.807) is 30.3 Å². The molecular weight excluding hydrogens is 510 g/mol. The summed E-state index contributed by atoms with van der Waals surface area (Å²) in [5.74, 6) is 0.730. The van der Waals surface area contributed by atoms with Crippen molar-refractivity contribution < 1.29 is 31.1 Å². The predicted molar refractivity (Wildman–Crippen MR) is 135 cm³/mol. The molecule has 0 heterocycles. The molecule has 0 amide bonds. The molecule has 0 aliphatic rings. The van der Waals surface area contributed by atoms with Crippen LogP contribution in [-0.4, -0.2) is 12.4 Å². The zero-order valence-electron chi connectivity index (χ0n) is 19.6. The lowest BCUT2D eigenvalue weighted by molar-refractivity contribution is -0.288. The van der Waals surface area contributed by atoms with Gasteiger partial charge in [0.05, 0.1) is 11.4 Å². The summed E-state index contributed by atoms with van der Waals surface area (Å²) in [4.78, 5) is 0. The number of nitrogen functional groups attached to an aromatic ring is 3. The Bertz CT molecular complexity index is 1440. The monoisotopic (exact) mass is 532 g/mol. The molecule has 38 heavy (non-hydrogen) atoms. The fourth-order valence-electron chi connectivity index (χ4n) is 4.16. The summed E-state index contributed by atoms with van der Waals surface area (Å²) in [5.41, 5.74) is 11.5. The topological polar surface area (TPSA) is 99.3 Å². The summed E-state index contributed by atoms with van der Waals surface area (Å²) >= 11 is 0. The van der Waals surface area contributed by atoms with Gasteiger partial charge in [0.2, 0.25) is 5.41 Å². The molecule has 4 aromatic carbocycles. The van der Waals surface area contributed by atoms with Crippen molar-refractivity contribution in [3.05, 3.63) is 102 Å². The van der Waals surface area contributed by atoms with E-state index in [1.807, 2.05) is 0 Å². The normalized spacial score (nSPS) is 12.3. The third kappa shape index (κ3) is 4.99. The molecule has 4 aromatic rings. The van der Waals surface area contributed by atoms with Gasteiger partial charge in [0.15, 0.2) is 0 Å². The van der Waals surface area contributed by atoms with E-state index in [9.17, 15) is 26.3 Å². The molecule has 4 rings (SSSR count). The number of hydrogen-bond acceptors (Lipinski definition) is 5. The third-order valence-corrected chi connectivity index (χ3v) is 5.86. The fraction of sp³-hybridized carbons (Fsp3) is 0.111. The summed E-state index contributed by atoms with van der Waals surface area (Å²) in [6.07, 6.45) is -11.5. The molecular formula is C27H22F6N4O. The Kier molecular flexibility index (Phi) is 6.79. The van der Waals surface area contributed by atoms with E-state index in [-0.39, 0.29) is 22.7 Å². The second kappa shape index (κ2) is 9.73. The minimum Gasteiger partial charge on any atom is -0.457 e. The van der Waals surface area contributed by atoms with Gasteiger partial charge in [-0.3, -0.25) is 0 Å². The highest BCUT2D eigenvalue weighted by Crippen LogP contribution is 2.56. The molecule has 0 fully saturated rings. The van der Waals surface area contributed by atoms with Crippen molar-refractivity contribution >= 4 is 28.4 Å². The first-order valence-corrected chi connectivity index (χ1v) is 11.1. The molecule has 5 nitrogen and oxygen atoms in total. The SMILES string of the molecule is Nc1cccc(Oc2ccc(N)c(Nc3cccc(C(c4cccc(N)c4)(C(F)(F)F)C(F)(F)F)c3)c2)c1. The Hall–Kier alpha value is -4.54. The number of hydrogen-bond donors (Lipinski definition) is 4. The maximum Gasteiger partial charge on any atom is 0.411 e. The van der Waals surface area contributed by atoms with Crippen LogP contribution >= 0.6 is 0 Å². The van der Waals surface area contributed by atoms with Crippen LogP contribution in [0.25, 0.3) is 0 Å². The molecule has 0 unspecified atom stereocenters. The van der Waals surface area contributed by atoms with Gasteiger partial charge in [-0.25, -0.2) is 0 Å². The lowest BCUT2D eigenvalue weighted by Crippen LogP contribution is -2.54. The summed E-state index contributed by atoms with van der Waals surface area (Å²) in [6, 6.07) is 18.8. The van der Waals surface area contributed by atoms with Crippen molar-refractivity contribution in [2.45, 2.75) is 17.8 Å². The number of benzene rings is 4. The van der Waals surface area contributed by atoms with Crippen LogP contribution in [0.4, 0.5) is 54.8 Å². The first-order chi connectivity index (χ1) is 17.8. The smallest absolute Gasteiger partial charge is 0.411 e. The van der Waals surface area contributed by atoms with E-state index in [1.165, 1.54) is 24.3 Å². The van der Waals surface area contributed by atoms with Crippen molar-refractivity contribution in [3.8, 4) is 11.5 Å². The van der Waals surface area contributed by atoms with E-state index < -0.39 is 28.9 Å². The highest BCUT2D eigenvalue weighted by Gasteiger charge is 2.72. The van der Waals surface area contributed by atoms with Crippen molar-refractivity contribution in [2.24, 2.45) is 0 Å². The molecule has 7 N–H and O–H groups in total. The third-order valence-electron chi connectivity index (χ3n) is 5.86. The van der Waals surface area contributed by atoms with Crippen LogP contribution in [0.1, 0.15) is 11.1 Å². The van der Waals surface area contributed by atoms with E-state index in [0.29, 0.717) is 23.3 Å². The lowest BCUT2D eigenvalue weighted by Gasteiger charge is -2.38. The number of alkyl halides is 6. The Morgan fingerprint density at radius 3 is 1.74 bits per heavy atom. The van der Waals surface area contributed by atoms with Gasteiger partial charge >= 0.3 is 12.4 Å². The molecule has 0 atom stereocenters. The second-order valence-electron chi connectivity index (χ2n) is 8.50. The number of nitrogens with one attached hydrogen (secondary N) is 1. The standard InChI is InChI=1S/C27H22F6N4O/c28-26(29,30)25(27(31,32)33,16-4-1-6-18(34)12-16)17-5-2-8-20(13-17)37-24-15-22(10-11-23(24)36)38-21-9-3-7-19(35)14-21/h1-15,37H,34-36H2. The molecule has 11 heteroatoms. The van der Waals surface area contributed by atoms with Crippen LogP contribution in [0.3, 0.4) is 0 Å². The van der Waals surface area contributed by atoms with Gasteiger partial charge < -0.3 is 27.3 Å². The Morgan fingerprint density at radius 1 is 0.579 bits per heavy atom. The summed E-state index contributed by atoms with van der Waals surface area (Å²) in [6.45, 7) is 0. The van der Waals surface area contributed by atoms with Crippen molar-refractivity contribution in [1.82, 2.24) is 0 Å². The molecule has 0 radical (unpaired) electrons. The molecule has 0 saturated heterocycles. The quantitative estimate of drug-likeness (QED) is 0.153. The lowest BCUT2D eigenvalue weighted by atomic mass is 9.72. The minimum absolute atomic E-state index is 0.0583. The van der Waals surface area contributed by atoms with E-state index in [0.717, 1.165) is 30.3 Å². The fourth-order valence-corrected chi connectivity index (χ4v) is 4.16. The number of anilines is 5. The second-order valence-corrected chi connectivity index (χ2v) is 8.50.